The van der Waals surface area contributed by atoms with Crippen molar-refractivity contribution in [1.29, 1.82) is 0 Å². The largest absolute Gasteiger partial charge is 0.336 e. The summed E-state index contributed by atoms with van der Waals surface area (Å²) in [5.74, 6) is 0.0778. The number of rotatable bonds is 2. The molecule has 2 heterocycles. The first-order valence-corrected chi connectivity index (χ1v) is 6.00. The number of nitrogens with zero attached hydrogens (tertiary/aromatic N) is 2. The second-order valence-corrected chi connectivity index (χ2v) is 4.81. The Bertz CT molecular complexity index is 363. The van der Waals surface area contributed by atoms with E-state index in [4.69, 9.17) is 5.73 Å². The molecule has 1 amide bonds. The zero-order valence-corrected chi connectivity index (χ0v) is 9.59. The highest BCUT2D eigenvalue weighted by atomic mass is 32.1. The summed E-state index contributed by atoms with van der Waals surface area (Å²) in [5, 5.41) is 0. The van der Waals surface area contributed by atoms with Crippen molar-refractivity contribution in [2.24, 2.45) is 5.73 Å². The van der Waals surface area contributed by atoms with Gasteiger partial charge in [0.2, 0.25) is 5.91 Å². The molecule has 0 bridgehead atoms. The first-order valence-electron chi connectivity index (χ1n) is 5.12. The zero-order valence-electron chi connectivity index (χ0n) is 8.77. The van der Waals surface area contributed by atoms with E-state index in [1.165, 1.54) is 0 Å². The summed E-state index contributed by atoms with van der Waals surface area (Å²) in [6.45, 7) is 3.47. The molecule has 0 saturated carbocycles. The van der Waals surface area contributed by atoms with Crippen LogP contribution in [-0.2, 0) is 11.3 Å². The number of aryl methyl sites for hydroxylation is 1. The summed E-state index contributed by atoms with van der Waals surface area (Å²) >= 11 is 1.60. The molecule has 1 aliphatic heterocycles. The Balaban J connectivity index is 2.05. The number of hydrogen-bond donors (Lipinski definition) is 1. The maximum absolute atomic E-state index is 11.7. The highest BCUT2D eigenvalue weighted by Gasteiger charge is 2.26. The van der Waals surface area contributed by atoms with E-state index < -0.39 is 0 Å². The average molecular weight is 225 g/mol. The van der Waals surface area contributed by atoms with Crippen LogP contribution in [0.15, 0.2) is 5.51 Å². The number of carbonyl (C=O) groups excluding carboxylic acids is 1. The fraction of sp³-hybridized carbons (Fsp3) is 0.600. The number of carbonyl (C=O) groups is 1. The van der Waals surface area contributed by atoms with Gasteiger partial charge in [-0.15, -0.1) is 11.3 Å². The van der Waals surface area contributed by atoms with Crippen molar-refractivity contribution in [1.82, 2.24) is 9.88 Å². The maximum Gasteiger partial charge on any atom is 0.239 e. The van der Waals surface area contributed by atoms with Crippen molar-refractivity contribution in [2.75, 3.05) is 6.54 Å². The third kappa shape index (κ3) is 2.18. The summed E-state index contributed by atoms with van der Waals surface area (Å²) in [5.41, 5.74) is 8.57. The summed E-state index contributed by atoms with van der Waals surface area (Å²) < 4.78 is 0. The molecule has 1 aromatic heterocycles. The lowest BCUT2D eigenvalue weighted by Gasteiger charge is -2.30. The highest BCUT2D eigenvalue weighted by Crippen LogP contribution is 2.18. The topological polar surface area (TPSA) is 59.2 Å². The predicted molar refractivity (Wildman–Crippen MR) is 59.5 cm³/mol. The van der Waals surface area contributed by atoms with Crippen molar-refractivity contribution in [2.45, 2.75) is 32.4 Å². The molecule has 0 spiro atoms. The van der Waals surface area contributed by atoms with Crippen molar-refractivity contribution < 1.29 is 4.79 Å². The van der Waals surface area contributed by atoms with E-state index in [1.807, 2.05) is 17.3 Å². The normalized spacial score (nSPS) is 22.1. The van der Waals surface area contributed by atoms with Crippen LogP contribution in [-0.4, -0.2) is 28.4 Å². The molecule has 0 aromatic carbocycles. The lowest BCUT2D eigenvalue weighted by atomic mass is 10.1. The predicted octanol–water partition coefficient (Wildman–Crippen LogP) is 0.901. The monoisotopic (exact) mass is 225 g/mol. The minimum Gasteiger partial charge on any atom is -0.336 e. The van der Waals surface area contributed by atoms with Gasteiger partial charge < -0.3 is 10.6 Å². The lowest BCUT2D eigenvalue weighted by molar-refractivity contribution is -0.135. The van der Waals surface area contributed by atoms with Crippen molar-refractivity contribution >= 4 is 17.2 Å². The SMILES string of the molecule is Cc1ncsc1CN1CCCC(N)C1=O. The van der Waals surface area contributed by atoms with Gasteiger partial charge in [-0.3, -0.25) is 4.79 Å². The minimum atomic E-state index is -0.299. The standard InChI is InChI=1S/C10H15N3OS/c1-7-9(15-6-12-7)5-13-4-2-3-8(11)10(13)14/h6,8H,2-5,11H2,1H3. The minimum absolute atomic E-state index is 0.0778. The molecule has 1 aliphatic rings. The quantitative estimate of drug-likeness (QED) is 0.813. The number of likely N-dealkylation sites (tertiary alicyclic amines) is 1. The zero-order chi connectivity index (χ0) is 10.8. The first kappa shape index (κ1) is 10.6. The number of amides is 1. The molecule has 1 aromatic rings. The van der Waals surface area contributed by atoms with Crippen molar-refractivity contribution in [3.05, 3.63) is 16.1 Å². The van der Waals surface area contributed by atoms with Gasteiger partial charge in [0.1, 0.15) is 0 Å². The average Bonchev–Trinajstić information content (AvgIpc) is 2.60. The Morgan fingerprint density at radius 2 is 2.53 bits per heavy atom. The van der Waals surface area contributed by atoms with E-state index in [1.54, 1.807) is 11.3 Å². The number of hydrogen-bond acceptors (Lipinski definition) is 4. The van der Waals surface area contributed by atoms with Crippen LogP contribution in [0, 0.1) is 6.92 Å². The van der Waals surface area contributed by atoms with Crippen LogP contribution in [0.2, 0.25) is 0 Å². The van der Waals surface area contributed by atoms with Gasteiger partial charge in [0, 0.05) is 11.4 Å². The molecule has 2 rings (SSSR count). The molecule has 2 N–H and O–H groups in total. The second kappa shape index (κ2) is 4.28. The highest BCUT2D eigenvalue weighted by molar-refractivity contribution is 7.09. The van der Waals surface area contributed by atoms with Gasteiger partial charge in [0.25, 0.3) is 0 Å². The van der Waals surface area contributed by atoms with Crippen LogP contribution in [0.3, 0.4) is 0 Å². The van der Waals surface area contributed by atoms with E-state index in [0.29, 0.717) is 6.54 Å². The summed E-state index contributed by atoms with van der Waals surface area (Å²) in [6.07, 6.45) is 1.82. The van der Waals surface area contributed by atoms with Crippen LogP contribution < -0.4 is 5.73 Å². The molecule has 5 heteroatoms. The van der Waals surface area contributed by atoms with E-state index >= 15 is 0 Å². The fourth-order valence-electron chi connectivity index (χ4n) is 1.78. The van der Waals surface area contributed by atoms with Crippen LogP contribution in [0.1, 0.15) is 23.4 Å². The third-order valence-corrected chi connectivity index (χ3v) is 3.67. The van der Waals surface area contributed by atoms with Crippen molar-refractivity contribution in [3.8, 4) is 0 Å². The lowest BCUT2D eigenvalue weighted by Crippen LogP contribution is -2.47. The Morgan fingerprint density at radius 3 is 3.20 bits per heavy atom. The van der Waals surface area contributed by atoms with Gasteiger partial charge in [-0.1, -0.05) is 0 Å². The summed E-state index contributed by atoms with van der Waals surface area (Å²) in [6, 6.07) is -0.299. The van der Waals surface area contributed by atoms with Gasteiger partial charge in [-0.25, -0.2) is 4.98 Å². The summed E-state index contributed by atoms with van der Waals surface area (Å²) in [7, 11) is 0. The molecule has 1 atom stereocenters. The third-order valence-electron chi connectivity index (χ3n) is 2.75. The van der Waals surface area contributed by atoms with E-state index in [-0.39, 0.29) is 11.9 Å². The number of nitrogens with two attached hydrogens (primary N) is 1. The van der Waals surface area contributed by atoms with E-state index in [0.717, 1.165) is 30.0 Å². The Labute approximate surface area is 93.1 Å². The van der Waals surface area contributed by atoms with Crippen LogP contribution >= 0.6 is 11.3 Å². The van der Waals surface area contributed by atoms with Crippen LogP contribution in [0.25, 0.3) is 0 Å². The second-order valence-electron chi connectivity index (χ2n) is 3.87. The van der Waals surface area contributed by atoms with Crippen LogP contribution in [0.4, 0.5) is 0 Å². The van der Waals surface area contributed by atoms with Gasteiger partial charge in [-0.2, -0.15) is 0 Å². The van der Waals surface area contributed by atoms with Gasteiger partial charge in [-0.05, 0) is 19.8 Å². The molecular formula is C10H15N3OS. The molecule has 4 nitrogen and oxygen atoms in total. The first-order chi connectivity index (χ1) is 7.18. The van der Waals surface area contributed by atoms with Crippen LogP contribution in [0.5, 0.6) is 0 Å². The molecule has 0 aliphatic carbocycles. The Morgan fingerprint density at radius 1 is 1.73 bits per heavy atom. The van der Waals surface area contributed by atoms with E-state index in [2.05, 4.69) is 4.98 Å². The molecule has 0 radical (unpaired) electrons. The number of thiazole rings is 1. The molecule has 1 unspecified atom stereocenters. The van der Waals surface area contributed by atoms with E-state index in [9.17, 15) is 4.79 Å². The van der Waals surface area contributed by atoms with Gasteiger partial charge >= 0.3 is 0 Å². The Hall–Kier alpha value is -0.940. The molecule has 82 valence electrons. The molecule has 1 fully saturated rings. The number of aromatic nitrogens is 1. The fourth-order valence-corrected chi connectivity index (χ4v) is 2.57. The summed E-state index contributed by atoms with van der Waals surface area (Å²) in [4.78, 5) is 18.9. The number of piperidine rings is 1. The molecular weight excluding hydrogens is 210 g/mol. The van der Waals surface area contributed by atoms with Crippen molar-refractivity contribution in [3.63, 3.8) is 0 Å². The smallest absolute Gasteiger partial charge is 0.239 e. The van der Waals surface area contributed by atoms with Gasteiger partial charge in [0.15, 0.2) is 0 Å². The Kier molecular flexibility index (Phi) is 3.02. The molecule has 15 heavy (non-hydrogen) atoms. The van der Waals surface area contributed by atoms with Gasteiger partial charge in [0.05, 0.1) is 23.8 Å². The maximum atomic E-state index is 11.7. The molecule has 1 saturated heterocycles.